The number of aryl methyl sites for hydroxylation is 1. The molecule has 1 aromatic rings. The van der Waals surface area contributed by atoms with E-state index in [1.807, 2.05) is 18.5 Å². The quantitative estimate of drug-likeness (QED) is 0.488. The third-order valence-corrected chi connectivity index (χ3v) is 2.15. The van der Waals surface area contributed by atoms with E-state index in [2.05, 4.69) is 4.98 Å². The number of nitrogens with zero attached hydrogens (tertiary/aromatic N) is 2. The standard InChI is InChI=1S/C7H10N2OS/c1-3-11-7-8-6(10)4-5-9(7)2/h4-5H,3H2,1-2H3. The summed E-state index contributed by atoms with van der Waals surface area (Å²) in [4.78, 5) is 14.6. The van der Waals surface area contributed by atoms with Crippen LogP contribution in [0.5, 0.6) is 0 Å². The summed E-state index contributed by atoms with van der Waals surface area (Å²) in [6.45, 7) is 2.03. The molecule has 1 heterocycles. The van der Waals surface area contributed by atoms with Gasteiger partial charge in [0.2, 0.25) is 0 Å². The van der Waals surface area contributed by atoms with Gasteiger partial charge < -0.3 is 4.57 Å². The summed E-state index contributed by atoms with van der Waals surface area (Å²) in [5.74, 6) is 0.935. The van der Waals surface area contributed by atoms with Crippen molar-refractivity contribution in [3.05, 3.63) is 22.6 Å². The summed E-state index contributed by atoms with van der Waals surface area (Å²) in [5.41, 5.74) is -0.168. The Bertz CT molecular complexity index is 295. The van der Waals surface area contributed by atoms with Crippen LogP contribution in [0, 0.1) is 0 Å². The lowest BCUT2D eigenvalue weighted by atomic mass is 10.6. The third-order valence-electron chi connectivity index (χ3n) is 1.22. The molecule has 1 rings (SSSR count). The maximum absolute atomic E-state index is 10.8. The van der Waals surface area contributed by atoms with E-state index in [-0.39, 0.29) is 5.56 Å². The Labute approximate surface area is 69.5 Å². The summed E-state index contributed by atoms with van der Waals surface area (Å²) >= 11 is 1.57. The fourth-order valence-corrected chi connectivity index (χ4v) is 1.39. The minimum atomic E-state index is -0.168. The van der Waals surface area contributed by atoms with E-state index < -0.39 is 0 Å². The van der Waals surface area contributed by atoms with E-state index in [4.69, 9.17) is 0 Å². The Morgan fingerprint density at radius 1 is 1.73 bits per heavy atom. The highest BCUT2D eigenvalue weighted by Crippen LogP contribution is 2.10. The highest BCUT2D eigenvalue weighted by molar-refractivity contribution is 7.99. The van der Waals surface area contributed by atoms with E-state index in [9.17, 15) is 4.79 Å². The minimum absolute atomic E-state index is 0.168. The Morgan fingerprint density at radius 3 is 3.09 bits per heavy atom. The van der Waals surface area contributed by atoms with Gasteiger partial charge in [0.05, 0.1) is 0 Å². The smallest absolute Gasteiger partial charge is 0.273 e. The van der Waals surface area contributed by atoms with Gasteiger partial charge in [-0.15, -0.1) is 0 Å². The van der Waals surface area contributed by atoms with Crippen LogP contribution in [0.15, 0.2) is 22.2 Å². The third kappa shape index (κ3) is 2.08. The van der Waals surface area contributed by atoms with Crippen molar-refractivity contribution in [1.29, 1.82) is 0 Å². The molecule has 0 aliphatic heterocycles. The van der Waals surface area contributed by atoms with E-state index in [0.717, 1.165) is 10.9 Å². The summed E-state index contributed by atoms with van der Waals surface area (Å²) in [7, 11) is 1.88. The molecule has 1 aromatic heterocycles. The zero-order chi connectivity index (χ0) is 8.27. The highest BCUT2D eigenvalue weighted by atomic mass is 32.2. The lowest BCUT2D eigenvalue weighted by molar-refractivity contribution is 0.727. The normalized spacial score (nSPS) is 10.0. The number of hydrogen-bond acceptors (Lipinski definition) is 3. The zero-order valence-corrected chi connectivity index (χ0v) is 7.39. The van der Waals surface area contributed by atoms with Crippen molar-refractivity contribution in [3.63, 3.8) is 0 Å². The first-order valence-electron chi connectivity index (χ1n) is 3.40. The first-order valence-corrected chi connectivity index (χ1v) is 4.39. The molecule has 0 aliphatic carbocycles. The fourth-order valence-electron chi connectivity index (χ4n) is 0.713. The molecule has 0 aliphatic rings. The average Bonchev–Trinajstić information content (AvgIpc) is 1.98. The average molecular weight is 170 g/mol. The molecule has 0 fully saturated rings. The lowest BCUT2D eigenvalue weighted by Gasteiger charge is -2.02. The molecule has 0 radical (unpaired) electrons. The second-order valence-electron chi connectivity index (χ2n) is 2.09. The SMILES string of the molecule is CCSc1nc(=O)ccn1C. The van der Waals surface area contributed by atoms with Crippen LogP contribution < -0.4 is 5.56 Å². The molecule has 0 aromatic carbocycles. The Kier molecular flexibility index (Phi) is 2.70. The lowest BCUT2D eigenvalue weighted by Crippen LogP contribution is -2.10. The van der Waals surface area contributed by atoms with Crippen LogP contribution in [0.25, 0.3) is 0 Å². The van der Waals surface area contributed by atoms with Gasteiger partial charge in [0.25, 0.3) is 5.56 Å². The molecule has 0 amide bonds. The van der Waals surface area contributed by atoms with Crippen molar-refractivity contribution in [2.24, 2.45) is 7.05 Å². The first kappa shape index (κ1) is 8.33. The van der Waals surface area contributed by atoms with E-state index >= 15 is 0 Å². The summed E-state index contributed by atoms with van der Waals surface area (Å²) in [5, 5.41) is 0.778. The maximum atomic E-state index is 10.8. The molecule has 0 N–H and O–H groups in total. The molecular formula is C7H10N2OS. The number of aromatic nitrogens is 2. The van der Waals surface area contributed by atoms with Gasteiger partial charge in [-0.3, -0.25) is 4.79 Å². The molecule has 60 valence electrons. The molecule has 4 heteroatoms. The molecular weight excluding hydrogens is 160 g/mol. The zero-order valence-electron chi connectivity index (χ0n) is 6.57. The van der Waals surface area contributed by atoms with Crippen LogP contribution in [0.4, 0.5) is 0 Å². The Morgan fingerprint density at radius 2 is 2.45 bits per heavy atom. The van der Waals surface area contributed by atoms with E-state index in [0.29, 0.717) is 0 Å². The predicted octanol–water partition coefficient (Wildman–Crippen LogP) is 0.892. The van der Waals surface area contributed by atoms with Gasteiger partial charge in [0, 0.05) is 19.3 Å². The second-order valence-corrected chi connectivity index (χ2v) is 3.32. The van der Waals surface area contributed by atoms with Crippen molar-refractivity contribution in [2.75, 3.05) is 5.75 Å². The van der Waals surface area contributed by atoms with Gasteiger partial charge in [-0.1, -0.05) is 18.7 Å². The molecule has 11 heavy (non-hydrogen) atoms. The van der Waals surface area contributed by atoms with Crippen LogP contribution in [-0.4, -0.2) is 15.3 Å². The predicted molar refractivity (Wildman–Crippen MR) is 45.9 cm³/mol. The molecule has 0 atom stereocenters. The second kappa shape index (κ2) is 3.57. The number of hydrogen-bond donors (Lipinski definition) is 0. The molecule has 0 saturated carbocycles. The maximum Gasteiger partial charge on any atom is 0.273 e. The topological polar surface area (TPSA) is 34.9 Å². The summed E-state index contributed by atoms with van der Waals surface area (Å²) in [6.07, 6.45) is 1.73. The largest absolute Gasteiger partial charge is 0.330 e. The molecule has 0 spiro atoms. The summed E-state index contributed by atoms with van der Waals surface area (Å²) in [6, 6.07) is 1.46. The van der Waals surface area contributed by atoms with Crippen LogP contribution in [0.3, 0.4) is 0 Å². The van der Waals surface area contributed by atoms with Crippen molar-refractivity contribution in [2.45, 2.75) is 12.1 Å². The van der Waals surface area contributed by atoms with Crippen molar-refractivity contribution >= 4 is 11.8 Å². The Hall–Kier alpha value is -0.770. The van der Waals surface area contributed by atoms with E-state index in [1.165, 1.54) is 6.07 Å². The van der Waals surface area contributed by atoms with Crippen molar-refractivity contribution in [3.8, 4) is 0 Å². The van der Waals surface area contributed by atoms with Gasteiger partial charge in [0.15, 0.2) is 5.16 Å². The number of rotatable bonds is 2. The Balaban J connectivity index is 3.02. The van der Waals surface area contributed by atoms with Crippen LogP contribution in [-0.2, 0) is 7.05 Å². The molecule has 3 nitrogen and oxygen atoms in total. The van der Waals surface area contributed by atoms with Crippen LogP contribution in [0.1, 0.15) is 6.92 Å². The summed E-state index contributed by atoms with van der Waals surface area (Å²) < 4.78 is 1.84. The van der Waals surface area contributed by atoms with Crippen LogP contribution in [0.2, 0.25) is 0 Å². The monoisotopic (exact) mass is 170 g/mol. The first-order chi connectivity index (χ1) is 5.24. The van der Waals surface area contributed by atoms with E-state index in [1.54, 1.807) is 18.0 Å². The van der Waals surface area contributed by atoms with Gasteiger partial charge in [-0.25, -0.2) is 0 Å². The van der Waals surface area contributed by atoms with Gasteiger partial charge in [-0.2, -0.15) is 4.98 Å². The van der Waals surface area contributed by atoms with Crippen molar-refractivity contribution < 1.29 is 0 Å². The van der Waals surface area contributed by atoms with Gasteiger partial charge in [-0.05, 0) is 5.75 Å². The number of thioether (sulfide) groups is 1. The molecule has 0 unspecified atom stereocenters. The molecule has 0 saturated heterocycles. The van der Waals surface area contributed by atoms with Crippen LogP contribution >= 0.6 is 11.8 Å². The molecule has 0 bridgehead atoms. The highest BCUT2D eigenvalue weighted by Gasteiger charge is 1.96. The van der Waals surface area contributed by atoms with Crippen molar-refractivity contribution in [1.82, 2.24) is 9.55 Å². The van der Waals surface area contributed by atoms with Gasteiger partial charge in [0.1, 0.15) is 0 Å². The fraction of sp³-hybridized carbons (Fsp3) is 0.429. The van der Waals surface area contributed by atoms with Gasteiger partial charge >= 0.3 is 0 Å². The minimum Gasteiger partial charge on any atom is -0.330 e.